The van der Waals surface area contributed by atoms with Crippen molar-refractivity contribution in [1.82, 2.24) is 4.98 Å². The van der Waals surface area contributed by atoms with Gasteiger partial charge in [0, 0.05) is 0 Å². The third-order valence-corrected chi connectivity index (χ3v) is 2.03. The van der Waals surface area contributed by atoms with Crippen molar-refractivity contribution in [2.45, 2.75) is 0 Å². The first-order valence-corrected chi connectivity index (χ1v) is 3.40. The van der Waals surface area contributed by atoms with E-state index in [1.165, 1.54) is 17.3 Å². The van der Waals surface area contributed by atoms with Crippen LogP contribution in [0.15, 0.2) is 0 Å². The van der Waals surface area contributed by atoms with Crippen molar-refractivity contribution >= 4 is 41.5 Å². The number of thiazole rings is 1. The Morgan fingerprint density at radius 3 is 2.67 bits per heavy atom. The second-order valence-electron chi connectivity index (χ2n) is 1.37. The number of hydrogen-bond donors (Lipinski definition) is 1. The van der Waals surface area contributed by atoms with Crippen molar-refractivity contribution in [1.29, 1.82) is 0 Å². The molecule has 9 heavy (non-hydrogen) atoms. The monoisotopic (exact) mass is 157 g/mol. The molecule has 0 bridgehead atoms. The Morgan fingerprint density at radius 1 is 1.78 bits per heavy atom. The molecule has 0 saturated heterocycles. The molecule has 0 saturated carbocycles. The summed E-state index contributed by atoms with van der Waals surface area (Å²) in [5.74, 6) is 1.39. The number of rotatable bonds is 1. The number of hydrogen-bond acceptors (Lipinski definition) is 3. The van der Waals surface area contributed by atoms with Crippen LogP contribution in [-0.4, -0.2) is 18.4 Å². The van der Waals surface area contributed by atoms with Gasteiger partial charge in [-0.2, -0.15) is 0 Å². The Balaban J connectivity index is 3.15. The Morgan fingerprint density at radius 2 is 2.44 bits per heavy atom. The summed E-state index contributed by atoms with van der Waals surface area (Å²) in [4.78, 5) is 4.45. The van der Waals surface area contributed by atoms with Crippen molar-refractivity contribution in [2.24, 2.45) is 0 Å². The van der Waals surface area contributed by atoms with E-state index in [2.05, 4.69) is 4.98 Å². The van der Waals surface area contributed by atoms with E-state index in [1.54, 1.807) is 0 Å². The number of nitrogens with two attached hydrogens (primary N) is 1. The predicted octanol–water partition coefficient (Wildman–Crippen LogP) is 0.698. The van der Waals surface area contributed by atoms with Crippen molar-refractivity contribution in [2.75, 3.05) is 5.73 Å². The molecule has 0 aromatic carbocycles. The van der Waals surface area contributed by atoms with Gasteiger partial charge in [-0.15, -0.1) is 0 Å². The van der Waals surface area contributed by atoms with Gasteiger partial charge in [0.25, 0.3) is 0 Å². The molecule has 0 atom stereocenters. The summed E-state index contributed by atoms with van der Waals surface area (Å²) in [5.41, 5.74) is 5.30. The van der Waals surface area contributed by atoms with Gasteiger partial charge >= 0.3 is 62.3 Å². The van der Waals surface area contributed by atoms with Crippen LogP contribution in [-0.2, 0) is 0 Å². The Kier molecular flexibility index (Phi) is 1.88. The number of aromatic nitrogens is 1. The Bertz CT molecular complexity index is 234. The summed E-state index contributed by atoms with van der Waals surface area (Å²) in [5, 5.41) is 0.816. The van der Waals surface area contributed by atoms with Crippen LogP contribution in [0.4, 0.5) is 5.13 Å². The maximum absolute atomic E-state index is 5.55. The van der Waals surface area contributed by atoms with Crippen molar-refractivity contribution in [3.63, 3.8) is 0 Å². The van der Waals surface area contributed by atoms with Crippen LogP contribution in [0.5, 0.6) is 0 Å². The molecular weight excluding hydrogens is 154 g/mol. The van der Waals surface area contributed by atoms with Gasteiger partial charge in [0.2, 0.25) is 0 Å². The number of halogens is 1. The summed E-state index contributed by atoms with van der Waals surface area (Å²) in [6, 6.07) is 0. The SMILES string of the molecule is [B]=Cc1sc(N)nc1Cl. The first-order valence-electron chi connectivity index (χ1n) is 2.21. The van der Waals surface area contributed by atoms with E-state index in [4.69, 9.17) is 24.8 Å². The molecule has 45 valence electrons. The van der Waals surface area contributed by atoms with E-state index >= 15 is 0 Å². The van der Waals surface area contributed by atoms with Crippen LogP contribution < -0.4 is 5.73 Å². The summed E-state index contributed by atoms with van der Waals surface area (Å²) < 4.78 is 0. The Labute approximate surface area is 62.7 Å². The van der Waals surface area contributed by atoms with Crippen molar-refractivity contribution in [3.8, 4) is 0 Å². The van der Waals surface area contributed by atoms with E-state index in [0.29, 0.717) is 15.2 Å². The molecule has 0 aliphatic carbocycles. The molecule has 0 aliphatic heterocycles. The second kappa shape index (κ2) is 2.50. The van der Waals surface area contributed by atoms with E-state index < -0.39 is 0 Å². The van der Waals surface area contributed by atoms with Crippen molar-refractivity contribution in [3.05, 3.63) is 10.0 Å². The molecule has 1 rings (SSSR count). The molecule has 0 amide bonds. The summed E-state index contributed by atoms with van der Waals surface area (Å²) in [7, 11) is 5.17. The summed E-state index contributed by atoms with van der Waals surface area (Å²) >= 11 is 6.82. The van der Waals surface area contributed by atoms with E-state index in [1.807, 2.05) is 0 Å². The fourth-order valence-electron chi connectivity index (χ4n) is 0.432. The molecule has 2 nitrogen and oxygen atoms in total. The third kappa shape index (κ3) is 1.31. The molecule has 0 aliphatic rings. The van der Waals surface area contributed by atoms with Crippen LogP contribution in [0, 0.1) is 0 Å². The molecule has 0 fully saturated rings. The first kappa shape index (κ1) is 6.77. The quantitative estimate of drug-likeness (QED) is 0.610. The molecule has 0 spiro atoms. The molecule has 1 heterocycles. The van der Waals surface area contributed by atoms with Gasteiger partial charge in [-0.3, -0.25) is 0 Å². The van der Waals surface area contributed by atoms with Gasteiger partial charge in [-0.05, 0) is 0 Å². The average Bonchev–Trinajstić information content (AvgIpc) is 2.10. The zero-order valence-corrected chi connectivity index (χ0v) is 6.04. The second-order valence-corrected chi connectivity index (χ2v) is 2.79. The van der Waals surface area contributed by atoms with Crippen LogP contribution in [0.3, 0.4) is 0 Å². The van der Waals surface area contributed by atoms with Crippen LogP contribution in [0.1, 0.15) is 4.88 Å². The molecule has 1 aromatic rings. The zero-order chi connectivity index (χ0) is 6.85. The standard InChI is InChI=1S/C4H3BClN2S/c5-1-2-3(6)8-4(7)9-2/h1H,(H2,7,8). The topological polar surface area (TPSA) is 38.9 Å². The van der Waals surface area contributed by atoms with Gasteiger partial charge < -0.3 is 0 Å². The predicted molar refractivity (Wildman–Crippen MR) is 42.5 cm³/mol. The van der Waals surface area contributed by atoms with Gasteiger partial charge in [-0.25, -0.2) is 0 Å². The normalized spacial score (nSPS) is 9.33. The van der Waals surface area contributed by atoms with Crippen molar-refractivity contribution < 1.29 is 0 Å². The third-order valence-electron chi connectivity index (χ3n) is 0.778. The van der Waals surface area contributed by atoms with Crippen LogP contribution in [0.25, 0.3) is 0 Å². The molecule has 1 aromatic heterocycles. The maximum atomic E-state index is 5.55. The fourth-order valence-corrected chi connectivity index (χ4v) is 1.31. The van der Waals surface area contributed by atoms with Gasteiger partial charge in [-0.1, -0.05) is 0 Å². The number of anilines is 1. The van der Waals surface area contributed by atoms with E-state index in [9.17, 15) is 0 Å². The zero-order valence-electron chi connectivity index (χ0n) is 4.47. The average molecular weight is 157 g/mol. The minimum atomic E-state index is 0.375. The summed E-state index contributed by atoms with van der Waals surface area (Å²) in [6.45, 7) is 0. The van der Waals surface area contributed by atoms with Crippen LogP contribution in [0.2, 0.25) is 5.15 Å². The molecule has 5 heteroatoms. The summed E-state index contributed by atoms with van der Waals surface area (Å²) in [6.07, 6.45) is 0. The fraction of sp³-hybridized carbons (Fsp3) is 0. The minimum absolute atomic E-state index is 0.375. The number of nitrogen functional groups attached to an aromatic ring is 1. The van der Waals surface area contributed by atoms with Gasteiger partial charge in [0.05, 0.1) is 0 Å². The molecule has 1 radical (unpaired) electrons. The number of nitrogens with zero attached hydrogens (tertiary/aromatic N) is 1. The van der Waals surface area contributed by atoms with Gasteiger partial charge in [0.15, 0.2) is 0 Å². The molecule has 0 unspecified atom stereocenters. The first-order chi connectivity index (χ1) is 4.24. The van der Waals surface area contributed by atoms with Crippen LogP contribution >= 0.6 is 22.9 Å². The van der Waals surface area contributed by atoms with Gasteiger partial charge in [0.1, 0.15) is 0 Å². The Hall–Kier alpha value is -0.345. The molecular formula is C4H3BClN2S. The molecule has 2 N–H and O–H groups in total. The van der Waals surface area contributed by atoms with E-state index in [0.717, 1.165) is 0 Å². The van der Waals surface area contributed by atoms with E-state index in [-0.39, 0.29) is 0 Å².